The third-order valence-electron chi connectivity index (χ3n) is 6.84. The molecule has 0 bridgehead atoms. The number of halogens is 3. The number of aliphatic carboxylic acids is 1. The Morgan fingerprint density at radius 1 is 1.00 bits per heavy atom. The van der Waals surface area contributed by atoms with E-state index in [4.69, 9.17) is 0 Å². The Morgan fingerprint density at radius 2 is 1.53 bits per heavy atom. The predicted molar refractivity (Wildman–Crippen MR) is 141 cm³/mol. The molecular formula is C28H42F3N3O4. The van der Waals surface area contributed by atoms with Gasteiger partial charge < -0.3 is 20.6 Å². The monoisotopic (exact) mass is 541 g/mol. The van der Waals surface area contributed by atoms with Gasteiger partial charge in [0, 0.05) is 18.0 Å². The zero-order valence-corrected chi connectivity index (χ0v) is 23.9. The fourth-order valence-corrected chi connectivity index (χ4v) is 4.39. The summed E-state index contributed by atoms with van der Waals surface area (Å²) in [6.07, 6.45) is -3.02. The highest BCUT2D eigenvalue weighted by atomic mass is 19.4. The Hall–Kier alpha value is -2.88. The van der Waals surface area contributed by atoms with Gasteiger partial charge in [0.1, 0.15) is 6.04 Å². The lowest BCUT2D eigenvalue weighted by Crippen LogP contribution is -2.61. The zero-order valence-electron chi connectivity index (χ0n) is 23.9. The van der Waals surface area contributed by atoms with Crippen LogP contribution in [-0.4, -0.2) is 60.0 Å². The first-order chi connectivity index (χ1) is 17.2. The topological polar surface area (TPSA) is 98.7 Å². The SMILES string of the molecule is CN[C@H](C(=O)N[C@H](C(=O)N(C)[C@H](/C=C(\C)C(=O)O)C(C)C)C(C)(C)C)C(C)(C)c1cccc(C(F)(F)F)c1. The van der Waals surface area contributed by atoms with Crippen molar-refractivity contribution in [1.82, 2.24) is 15.5 Å². The molecule has 0 aliphatic rings. The number of likely N-dealkylation sites (N-methyl/N-ethyl adjacent to an activating group) is 2. The van der Waals surface area contributed by atoms with Crippen molar-refractivity contribution in [1.29, 1.82) is 0 Å². The van der Waals surface area contributed by atoms with Crippen LogP contribution in [0.4, 0.5) is 13.2 Å². The van der Waals surface area contributed by atoms with Gasteiger partial charge in [-0.1, -0.05) is 72.7 Å². The van der Waals surface area contributed by atoms with Gasteiger partial charge >= 0.3 is 12.1 Å². The van der Waals surface area contributed by atoms with Crippen LogP contribution in [0.2, 0.25) is 0 Å². The average molecular weight is 542 g/mol. The van der Waals surface area contributed by atoms with Crippen molar-refractivity contribution in [2.75, 3.05) is 14.1 Å². The Labute approximate surface area is 223 Å². The van der Waals surface area contributed by atoms with Gasteiger partial charge in [0.25, 0.3) is 0 Å². The van der Waals surface area contributed by atoms with Gasteiger partial charge in [-0.25, -0.2) is 4.79 Å². The van der Waals surface area contributed by atoms with E-state index >= 15 is 0 Å². The van der Waals surface area contributed by atoms with E-state index in [2.05, 4.69) is 10.6 Å². The van der Waals surface area contributed by atoms with E-state index in [1.807, 2.05) is 13.8 Å². The lowest BCUT2D eigenvalue weighted by molar-refractivity contribution is -0.141. The molecule has 1 aromatic carbocycles. The number of carbonyl (C=O) groups excluding carboxylic acids is 2. The molecule has 10 heteroatoms. The molecule has 0 unspecified atom stereocenters. The van der Waals surface area contributed by atoms with E-state index in [1.165, 1.54) is 37.1 Å². The second-order valence-corrected chi connectivity index (χ2v) is 11.7. The summed E-state index contributed by atoms with van der Waals surface area (Å²) in [5.41, 5.74) is -2.21. The Balaban J connectivity index is 3.39. The van der Waals surface area contributed by atoms with E-state index in [-0.39, 0.29) is 11.5 Å². The molecule has 0 radical (unpaired) electrons. The van der Waals surface area contributed by atoms with Crippen LogP contribution in [0.25, 0.3) is 0 Å². The van der Waals surface area contributed by atoms with Crippen LogP contribution >= 0.6 is 0 Å². The predicted octanol–water partition coefficient (Wildman–Crippen LogP) is 4.62. The summed E-state index contributed by atoms with van der Waals surface area (Å²) in [5, 5.41) is 15.1. The summed E-state index contributed by atoms with van der Waals surface area (Å²) < 4.78 is 40.0. The molecule has 0 aromatic heterocycles. The molecule has 0 aliphatic carbocycles. The number of nitrogens with one attached hydrogen (secondary N) is 2. The number of alkyl halides is 3. The first-order valence-electron chi connectivity index (χ1n) is 12.5. The minimum Gasteiger partial charge on any atom is -0.478 e. The maximum absolute atomic E-state index is 13.7. The molecule has 2 amide bonds. The number of benzene rings is 1. The zero-order chi connectivity index (χ0) is 29.8. The van der Waals surface area contributed by atoms with E-state index < -0.39 is 58.5 Å². The Morgan fingerprint density at radius 3 is 1.95 bits per heavy atom. The van der Waals surface area contributed by atoms with Gasteiger partial charge in [-0.2, -0.15) is 13.2 Å². The second kappa shape index (κ2) is 12.3. The standard InChI is InChI=1S/C28H42F3N3O4/c1-16(2)20(14-17(3)25(37)38)34(10)24(36)22(26(4,5)6)33-23(35)21(32-9)27(7,8)18-12-11-13-19(15-18)28(29,30)31/h11-16,20-22,32H,1-10H3,(H,33,35)(H,37,38)/b17-14+/t20-,21-,22-/m1/s1. The van der Waals surface area contributed by atoms with E-state index in [1.54, 1.807) is 41.7 Å². The number of amides is 2. The highest BCUT2D eigenvalue weighted by Gasteiger charge is 2.42. The molecular weight excluding hydrogens is 499 g/mol. The van der Waals surface area contributed by atoms with Crippen LogP contribution in [0.1, 0.15) is 66.5 Å². The normalized spacial score (nSPS) is 15.6. The highest BCUT2D eigenvalue weighted by molar-refractivity contribution is 5.91. The van der Waals surface area contributed by atoms with Gasteiger partial charge in [-0.15, -0.1) is 0 Å². The third kappa shape index (κ3) is 8.06. The third-order valence-corrected chi connectivity index (χ3v) is 6.84. The van der Waals surface area contributed by atoms with Crippen molar-refractivity contribution in [2.45, 2.75) is 85.1 Å². The number of carboxylic acids is 1. The van der Waals surface area contributed by atoms with Crippen LogP contribution in [-0.2, 0) is 26.0 Å². The Kier molecular flexibility index (Phi) is 10.7. The highest BCUT2D eigenvalue weighted by Crippen LogP contribution is 2.34. The van der Waals surface area contributed by atoms with Crippen LogP contribution in [0.15, 0.2) is 35.9 Å². The smallest absolute Gasteiger partial charge is 0.416 e. The van der Waals surface area contributed by atoms with Crippen LogP contribution in [0, 0.1) is 11.3 Å². The molecule has 3 atom stereocenters. The number of nitrogens with zero attached hydrogens (tertiary/aromatic N) is 1. The second-order valence-electron chi connectivity index (χ2n) is 11.7. The lowest BCUT2D eigenvalue weighted by Gasteiger charge is -2.40. The molecule has 38 heavy (non-hydrogen) atoms. The van der Waals surface area contributed by atoms with Gasteiger partial charge in [0.05, 0.1) is 17.6 Å². The quantitative estimate of drug-likeness (QED) is 0.376. The van der Waals surface area contributed by atoms with Crippen molar-refractivity contribution in [3.8, 4) is 0 Å². The van der Waals surface area contributed by atoms with Crippen molar-refractivity contribution >= 4 is 17.8 Å². The summed E-state index contributed by atoms with van der Waals surface area (Å²) in [6.45, 7) is 13.9. The largest absolute Gasteiger partial charge is 0.478 e. The van der Waals surface area contributed by atoms with E-state index in [9.17, 15) is 32.7 Å². The Bertz CT molecular complexity index is 1040. The van der Waals surface area contributed by atoms with Gasteiger partial charge in [0.15, 0.2) is 0 Å². The number of carbonyl (C=O) groups is 3. The molecule has 7 nitrogen and oxygen atoms in total. The van der Waals surface area contributed by atoms with Gasteiger partial charge in [-0.3, -0.25) is 9.59 Å². The molecule has 0 aliphatic heterocycles. The van der Waals surface area contributed by atoms with Gasteiger partial charge in [-0.05, 0) is 36.9 Å². The maximum Gasteiger partial charge on any atom is 0.416 e. The van der Waals surface area contributed by atoms with Crippen LogP contribution in [0.5, 0.6) is 0 Å². The summed E-state index contributed by atoms with van der Waals surface area (Å²) in [5.74, 6) is -2.16. The first-order valence-corrected chi connectivity index (χ1v) is 12.5. The van der Waals surface area contributed by atoms with E-state index in [0.29, 0.717) is 5.56 Å². The fraction of sp³-hybridized carbons (Fsp3) is 0.607. The molecule has 1 rings (SSSR count). The lowest BCUT2D eigenvalue weighted by atomic mass is 9.76. The molecule has 0 fully saturated rings. The molecule has 1 aromatic rings. The number of hydrogen-bond donors (Lipinski definition) is 3. The molecule has 0 spiro atoms. The summed E-state index contributed by atoms with van der Waals surface area (Å²) in [6, 6.07) is 2.35. The van der Waals surface area contributed by atoms with Crippen molar-refractivity contribution in [3.63, 3.8) is 0 Å². The number of hydrogen-bond acceptors (Lipinski definition) is 4. The number of rotatable bonds is 10. The van der Waals surface area contributed by atoms with E-state index in [0.717, 1.165) is 12.1 Å². The molecule has 0 saturated carbocycles. The molecule has 214 valence electrons. The van der Waals surface area contributed by atoms with Crippen molar-refractivity contribution < 1.29 is 32.7 Å². The molecule has 0 saturated heterocycles. The van der Waals surface area contributed by atoms with Gasteiger partial charge in [0.2, 0.25) is 11.8 Å². The summed E-state index contributed by atoms with van der Waals surface area (Å²) >= 11 is 0. The number of carboxylic acid groups (broad SMARTS) is 1. The first kappa shape index (κ1) is 33.1. The average Bonchev–Trinajstić information content (AvgIpc) is 2.78. The van der Waals surface area contributed by atoms with Crippen molar-refractivity contribution in [3.05, 3.63) is 47.0 Å². The summed E-state index contributed by atoms with van der Waals surface area (Å²) in [7, 11) is 3.10. The molecule has 0 heterocycles. The summed E-state index contributed by atoms with van der Waals surface area (Å²) in [4.78, 5) is 40.1. The minimum absolute atomic E-state index is 0.0952. The molecule has 3 N–H and O–H groups in total. The maximum atomic E-state index is 13.7. The fourth-order valence-electron chi connectivity index (χ4n) is 4.39. The minimum atomic E-state index is -4.53. The van der Waals surface area contributed by atoms with Crippen LogP contribution in [0.3, 0.4) is 0 Å². The van der Waals surface area contributed by atoms with Crippen molar-refractivity contribution in [2.24, 2.45) is 11.3 Å². The van der Waals surface area contributed by atoms with Crippen LogP contribution < -0.4 is 10.6 Å².